The molecular formula is C30H38N2O5. The topological polar surface area (TPSA) is 108 Å². The van der Waals surface area contributed by atoms with E-state index in [1.807, 2.05) is 6.08 Å². The number of ketones is 1. The number of epoxide rings is 1. The number of Topliss-reactive ketones (excluding diaryl/α,β-unsaturated/α-hetero) is 1. The van der Waals surface area contributed by atoms with Crippen LogP contribution in [0.1, 0.15) is 64.2 Å². The van der Waals surface area contributed by atoms with Gasteiger partial charge in [-0.05, 0) is 43.8 Å². The van der Waals surface area contributed by atoms with Gasteiger partial charge in [-0.15, -0.1) is 0 Å². The lowest BCUT2D eigenvalue weighted by molar-refractivity contribution is -0.121. The average molecular weight is 507 g/mol. The van der Waals surface area contributed by atoms with Crippen LogP contribution in [-0.2, 0) is 19.1 Å². The fraction of sp³-hybridized carbons (Fsp3) is 0.500. The molecule has 4 aliphatic rings. The summed E-state index contributed by atoms with van der Waals surface area (Å²) in [4.78, 5) is 36.9. The highest BCUT2D eigenvalue weighted by Crippen LogP contribution is 2.40. The van der Waals surface area contributed by atoms with Crippen LogP contribution in [0.25, 0.3) is 0 Å². The van der Waals surface area contributed by atoms with Crippen LogP contribution in [-0.4, -0.2) is 46.6 Å². The summed E-state index contributed by atoms with van der Waals surface area (Å²) in [6, 6.07) is 0.263. The van der Waals surface area contributed by atoms with Crippen molar-refractivity contribution < 1.29 is 24.2 Å². The van der Waals surface area contributed by atoms with Gasteiger partial charge in [0.25, 0.3) is 0 Å². The molecule has 0 spiro atoms. The van der Waals surface area contributed by atoms with Crippen LogP contribution in [0.4, 0.5) is 0 Å². The summed E-state index contributed by atoms with van der Waals surface area (Å²) in [5.74, 6) is -0.320. The molecule has 1 heterocycles. The predicted molar refractivity (Wildman–Crippen MR) is 142 cm³/mol. The molecule has 0 aromatic carbocycles. The van der Waals surface area contributed by atoms with Gasteiger partial charge in [-0.3, -0.25) is 14.4 Å². The minimum absolute atomic E-state index is 0.0278. The van der Waals surface area contributed by atoms with E-state index in [9.17, 15) is 19.5 Å². The second-order valence-electron chi connectivity index (χ2n) is 10.4. The number of carbonyl (C=O) groups excluding carboxylic acids is 3. The molecule has 0 bridgehead atoms. The third kappa shape index (κ3) is 7.98. The molecule has 3 fully saturated rings. The number of hydrogen-bond acceptors (Lipinski definition) is 5. The molecule has 3 N–H and O–H groups in total. The normalized spacial score (nSPS) is 29.4. The highest BCUT2D eigenvalue weighted by atomic mass is 16.6. The molecule has 2 saturated carbocycles. The minimum atomic E-state index is -1.52. The Hall–Kier alpha value is -3.03. The highest BCUT2D eigenvalue weighted by Gasteiger charge is 2.59. The number of hydrogen-bond donors (Lipinski definition) is 3. The van der Waals surface area contributed by atoms with Gasteiger partial charge in [0.2, 0.25) is 17.6 Å². The molecule has 2 amide bonds. The van der Waals surface area contributed by atoms with Crippen molar-refractivity contribution in [3.63, 3.8) is 0 Å². The molecule has 1 aliphatic heterocycles. The fourth-order valence-electron chi connectivity index (χ4n) is 5.28. The van der Waals surface area contributed by atoms with Gasteiger partial charge >= 0.3 is 0 Å². The lowest BCUT2D eigenvalue weighted by Crippen LogP contribution is -2.42. The van der Waals surface area contributed by atoms with Crippen LogP contribution in [0.2, 0.25) is 0 Å². The summed E-state index contributed by atoms with van der Waals surface area (Å²) in [7, 11) is 0. The molecule has 7 heteroatoms. The van der Waals surface area contributed by atoms with Crippen molar-refractivity contribution in [2.75, 3.05) is 0 Å². The molecule has 0 aromatic rings. The van der Waals surface area contributed by atoms with E-state index >= 15 is 0 Å². The summed E-state index contributed by atoms with van der Waals surface area (Å²) in [6.07, 6.45) is 28.4. The van der Waals surface area contributed by atoms with Gasteiger partial charge in [0.05, 0.1) is 5.70 Å². The Morgan fingerprint density at radius 3 is 2.27 bits per heavy atom. The molecule has 1 saturated heterocycles. The molecule has 3 atom stereocenters. The molecule has 4 rings (SSSR count). The number of amides is 2. The number of ether oxygens (including phenoxy) is 1. The first-order valence-corrected chi connectivity index (χ1v) is 13.6. The second-order valence-corrected chi connectivity index (χ2v) is 10.4. The highest BCUT2D eigenvalue weighted by molar-refractivity contribution is 6.06. The Morgan fingerprint density at radius 1 is 0.865 bits per heavy atom. The van der Waals surface area contributed by atoms with Crippen LogP contribution in [0.5, 0.6) is 0 Å². The van der Waals surface area contributed by atoms with Crippen LogP contribution in [0, 0.1) is 5.92 Å². The Balaban J connectivity index is 1.27. The number of rotatable bonds is 9. The van der Waals surface area contributed by atoms with Crippen molar-refractivity contribution in [3.8, 4) is 0 Å². The van der Waals surface area contributed by atoms with Crippen molar-refractivity contribution in [3.05, 3.63) is 72.5 Å². The number of nitrogens with one attached hydrogen (secondary N) is 2. The van der Waals surface area contributed by atoms with E-state index in [1.54, 1.807) is 30.4 Å². The largest absolute Gasteiger partial charge is 0.379 e. The maximum absolute atomic E-state index is 12.5. The monoisotopic (exact) mass is 506 g/mol. The van der Waals surface area contributed by atoms with E-state index in [0.29, 0.717) is 5.92 Å². The van der Waals surface area contributed by atoms with Crippen molar-refractivity contribution in [1.82, 2.24) is 10.6 Å². The van der Waals surface area contributed by atoms with Gasteiger partial charge in [-0.25, -0.2) is 0 Å². The summed E-state index contributed by atoms with van der Waals surface area (Å²) in [6.45, 7) is 0. The summed E-state index contributed by atoms with van der Waals surface area (Å²) in [5.41, 5.74) is -1.49. The van der Waals surface area contributed by atoms with E-state index in [1.165, 1.54) is 62.8 Å². The Kier molecular flexibility index (Phi) is 9.47. The number of fused-ring (bicyclic) bond motifs is 1. The van der Waals surface area contributed by atoms with E-state index in [2.05, 4.69) is 16.7 Å². The minimum Gasteiger partial charge on any atom is -0.379 e. The molecule has 3 aliphatic carbocycles. The molecule has 7 nitrogen and oxygen atoms in total. The Bertz CT molecular complexity index is 1020. The maximum Gasteiger partial charge on any atom is 0.248 e. The van der Waals surface area contributed by atoms with Crippen LogP contribution in [0.15, 0.2) is 72.5 Å². The first kappa shape index (κ1) is 27.0. The van der Waals surface area contributed by atoms with Gasteiger partial charge in [0, 0.05) is 18.2 Å². The van der Waals surface area contributed by atoms with Crippen LogP contribution >= 0.6 is 0 Å². The zero-order valence-electron chi connectivity index (χ0n) is 21.3. The molecule has 198 valence electrons. The first-order valence-electron chi connectivity index (χ1n) is 13.6. The van der Waals surface area contributed by atoms with Crippen LogP contribution in [0.3, 0.4) is 0 Å². The van der Waals surface area contributed by atoms with Gasteiger partial charge in [0.1, 0.15) is 11.7 Å². The third-order valence-electron chi connectivity index (χ3n) is 7.39. The number of carbonyl (C=O) groups is 3. The Morgan fingerprint density at radius 2 is 1.51 bits per heavy atom. The van der Waals surface area contributed by atoms with Gasteiger partial charge in [-0.1, -0.05) is 81.1 Å². The molecule has 0 radical (unpaired) electrons. The number of aliphatic hydroxyl groups is 1. The Labute approximate surface area is 219 Å². The maximum atomic E-state index is 12.5. The molecular weight excluding hydrogens is 468 g/mol. The van der Waals surface area contributed by atoms with Crippen LogP contribution < -0.4 is 10.6 Å². The zero-order valence-corrected chi connectivity index (χ0v) is 21.3. The third-order valence-corrected chi connectivity index (χ3v) is 7.39. The fourth-order valence-corrected chi connectivity index (χ4v) is 5.28. The van der Waals surface area contributed by atoms with Gasteiger partial charge < -0.3 is 20.5 Å². The summed E-state index contributed by atoms with van der Waals surface area (Å²) in [5, 5.41) is 16.6. The predicted octanol–water partition coefficient (Wildman–Crippen LogP) is 3.88. The average Bonchev–Trinajstić information content (AvgIpc) is 3.71. The van der Waals surface area contributed by atoms with E-state index in [-0.39, 0.29) is 23.4 Å². The van der Waals surface area contributed by atoms with Gasteiger partial charge in [0.15, 0.2) is 6.10 Å². The smallest absolute Gasteiger partial charge is 0.248 e. The van der Waals surface area contributed by atoms with Crippen molar-refractivity contribution in [2.45, 2.75) is 88.1 Å². The number of allylic oxidation sites excluding steroid dienone is 7. The molecule has 37 heavy (non-hydrogen) atoms. The van der Waals surface area contributed by atoms with Gasteiger partial charge in [-0.2, -0.15) is 0 Å². The van der Waals surface area contributed by atoms with E-state index in [0.717, 1.165) is 25.7 Å². The van der Waals surface area contributed by atoms with E-state index < -0.39 is 23.7 Å². The van der Waals surface area contributed by atoms with E-state index in [4.69, 9.17) is 4.74 Å². The lowest BCUT2D eigenvalue weighted by atomic mass is 9.88. The SMILES string of the molecule is O=C(/C=C/C=C/C1CCCCC1)NC1=C[C@](O)(/C=C/C=C/C=C/C(=O)NC2CCCCC2)[C@H]2O[C@H]2C1=O. The first-order chi connectivity index (χ1) is 17.9. The quantitative estimate of drug-likeness (QED) is 0.250. The second kappa shape index (κ2) is 13.0. The van der Waals surface area contributed by atoms with Crippen molar-refractivity contribution >= 4 is 17.6 Å². The lowest BCUT2D eigenvalue weighted by Gasteiger charge is -2.23. The summed E-state index contributed by atoms with van der Waals surface area (Å²) >= 11 is 0. The van der Waals surface area contributed by atoms with Crippen molar-refractivity contribution in [1.29, 1.82) is 0 Å². The summed E-state index contributed by atoms with van der Waals surface area (Å²) < 4.78 is 5.39. The molecule has 0 unspecified atom stereocenters. The zero-order chi connectivity index (χ0) is 26.1. The molecule has 0 aromatic heterocycles. The van der Waals surface area contributed by atoms with Crippen molar-refractivity contribution in [2.24, 2.45) is 5.92 Å². The standard InChI is InChI=1S/C30H38N2O5/c33-25(31-23-16-7-4-8-17-23)18-9-1-2-12-20-30(36)21-24(27(35)28-29(30)37-28)32-26(34)19-11-10-15-22-13-5-3-6-14-22/h1-2,9-12,15,18-23,28-29,36H,3-8,13-14,16-17H2,(H,31,33)(H,32,34)/b2-1+,15-10+,18-9+,19-11+,20-12+/t28-,29-,30+/m0/s1.